The Morgan fingerprint density at radius 2 is 1.85 bits per heavy atom. The van der Waals surface area contributed by atoms with Crippen molar-refractivity contribution in [1.82, 2.24) is 0 Å². The highest BCUT2D eigenvalue weighted by molar-refractivity contribution is 8.01. The van der Waals surface area contributed by atoms with Crippen LogP contribution in [0.15, 0.2) is 47.4 Å². The number of anilines is 3. The summed E-state index contributed by atoms with van der Waals surface area (Å²) in [5.74, 6) is -0.633. The summed E-state index contributed by atoms with van der Waals surface area (Å²) in [5, 5.41) is 8.99. The van der Waals surface area contributed by atoms with Crippen molar-refractivity contribution in [3.8, 4) is 5.75 Å². The molecular weight excluding hydrogens is 366 g/mol. The summed E-state index contributed by atoms with van der Waals surface area (Å²) in [5.41, 5.74) is 2.52. The zero-order chi connectivity index (χ0) is 19.7. The first-order valence-corrected chi connectivity index (χ1v) is 9.12. The molecular formula is C19H21N3O4S. The van der Waals surface area contributed by atoms with Crippen LogP contribution in [0.1, 0.15) is 6.92 Å². The van der Waals surface area contributed by atoms with E-state index in [4.69, 9.17) is 9.84 Å². The van der Waals surface area contributed by atoms with E-state index in [1.807, 2.05) is 49.3 Å². The van der Waals surface area contributed by atoms with Crippen LogP contribution in [0, 0.1) is 0 Å². The molecule has 2 amide bonds. The molecule has 142 valence electrons. The molecule has 0 saturated carbocycles. The number of ether oxygens (including phenoxy) is 1. The summed E-state index contributed by atoms with van der Waals surface area (Å²) in [6, 6.07) is 12.8. The van der Waals surface area contributed by atoms with Gasteiger partial charge in [-0.1, -0.05) is 0 Å². The van der Waals surface area contributed by atoms with Crippen molar-refractivity contribution in [3.63, 3.8) is 0 Å². The number of amides is 2. The molecule has 1 atom stereocenters. The van der Waals surface area contributed by atoms with E-state index in [0.29, 0.717) is 11.4 Å². The average molecular weight is 387 g/mol. The third-order valence-corrected chi connectivity index (χ3v) is 5.29. The molecule has 8 heteroatoms. The maximum atomic E-state index is 12.8. The van der Waals surface area contributed by atoms with Gasteiger partial charge in [0.1, 0.15) is 5.75 Å². The standard InChI is InChI=1S/C19H21N3O4S/c1-12(18(23)24)26-15-9-10-17-16(11-15)21(4)19(25)22(27-17)14-7-5-13(6-8-14)20(2)3/h5-12H,1-4H3,(H,23,24)/t12-/m1/s1. The van der Waals surface area contributed by atoms with Gasteiger partial charge in [-0.2, -0.15) is 0 Å². The van der Waals surface area contributed by atoms with Gasteiger partial charge in [0.05, 0.1) is 16.3 Å². The van der Waals surface area contributed by atoms with Crippen molar-refractivity contribution < 1.29 is 19.4 Å². The molecule has 3 rings (SSSR count). The van der Waals surface area contributed by atoms with Gasteiger partial charge in [-0.05, 0) is 55.3 Å². The van der Waals surface area contributed by atoms with Crippen molar-refractivity contribution in [3.05, 3.63) is 42.5 Å². The third kappa shape index (κ3) is 3.80. The van der Waals surface area contributed by atoms with Crippen LogP contribution in [-0.2, 0) is 4.79 Å². The number of carboxylic acids is 1. The number of aliphatic carboxylic acids is 1. The van der Waals surface area contributed by atoms with E-state index in [1.54, 1.807) is 23.5 Å². The van der Waals surface area contributed by atoms with E-state index >= 15 is 0 Å². The minimum atomic E-state index is -1.04. The Balaban J connectivity index is 1.87. The van der Waals surface area contributed by atoms with Crippen LogP contribution >= 0.6 is 11.9 Å². The lowest BCUT2D eigenvalue weighted by Crippen LogP contribution is -2.40. The minimum absolute atomic E-state index is 0.187. The van der Waals surface area contributed by atoms with Crippen molar-refractivity contribution in [2.45, 2.75) is 17.9 Å². The zero-order valence-electron chi connectivity index (χ0n) is 15.5. The van der Waals surface area contributed by atoms with Gasteiger partial charge < -0.3 is 14.7 Å². The number of carbonyl (C=O) groups excluding carboxylic acids is 1. The van der Waals surface area contributed by atoms with Crippen molar-refractivity contribution in [2.24, 2.45) is 0 Å². The van der Waals surface area contributed by atoms with Crippen molar-refractivity contribution >= 4 is 41.0 Å². The Morgan fingerprint density at radius 1 is 1.19 bits per heavy atom. The van der Waals surface area contributed by atoms with E-state index in [-0.39, 0.29) is 6.03 Å². The maximum absolute atomic E-state index is 12.8. The Kier molecular flexibility index (Phi) is 5.18. The van der Waals surface area contributed by atoms with Gasteiger partial charge in [0.15, 0.2) is 6.10 Å². The molecule has 0 saturated heterocycles. The van der Waals surface area contributed by atoms with Crippen LogP contribution in [-0.4, -0.2) is 44.4 Å². The van der Waals surface area contributed by atoms with Crippen LogP contribution in [0.25, 0.3) is 0 Å². The number of urea groups is 1. The van der Waals surface area contributed by atoms with Gasteiger partial charge in [0, 0.05) is 32.9 Å². The lowest BCUT2D eigenvalue weighted by atomic mass is 10.2. The Labute approximate surface area is 162 Å². The molecule has 0 aliphatic carbocycles. The summed E-state index contributed by atoms with van der Waals surface area (Å²) < 4.78 is 7.03. The minimum Gasteiger partial charge on any atom is -0.479 e. The van der Waals surface area contributed by atoms with Crippen LogP contribution < -0.4 is 18.8 Å². The number of rotatable bonds is 5. The number of hydrogen-bond donors (Lipinski definition) is 1. The van der Waals surface area contributed by atoms with E-state index in [9.17, 15) is 9.59 Å². The van der Waals surface area contributed by atoms with Gasteiger partial charge in [0.2, 0.25) is 0 Å². The van der Waals surface area contributed by atoms with E-state index in [0.717, 1.165) is 16.3 Å². The van der Waals surface area contributed by atoms with Crippen molar-refractivity contribution in [1.29, 1.82) is 0 Å². The Morgan fingerprint density at radius 3 is 2.44 bits per heavy atom. The number of hydrogen-bond acceptors (Lipinski definition) is 5. The second-order valence-electron chi connectivity index (χ2n) is 6.37. The predicted molar refractivity (Wildman–Crippen MR) is 107 cm³/mol. The molecule has 0 aromatic heterocycles. The monoisotopic (exact) mass is 387 g/mol. The summed E-state index contributed by atoms with van der Waals surface area (Å²) in [7, 11) is 5.61. The predicted octanol–water partition coefficient (Wildman–Crippen LogP) is 3.69. The lowest BCUT2D eigenvalue weighted by Gasteiger charge is -2.34. The average Bonchev–Trinajstić information content (AvgIpc) is 2.65. The molecule has 0 spiro atoms. The van der Waals surface area contributed by atoms with E-state index in [1.165, 1.54) is 23.8 Å². The second kappa shape index (κ2) is 7.40. The highest BCUT2D eigenvalue weighted by Crippen LogP contribution is 2.42. The molecule has 1 aliphatic heterocycles. The molecule has 0 bridgehead atoms. The number of carbonyl (C=O) groups is 2. The first-order valence-electron chi connectivity index (χ1n) is 8.34. The maximum Gasteiger partial charge on any atom is 0.344 e. The molecule has 0 radical (unpaired) electrons. The Hall–Kier alpha value is -2.87. The molecule has 2 aromatic carbocycles. The molecule has 1 aliphatic rings. The fourth-order valence-electron chi connectivity index (χ4n) is 2.59. The number of benzene rings is 2. The lowest BCUT2D eigenvalue weighted by molar-refractivity contribution is -0.144. The molecule has 1 N–H and O–H groups in total. The number of fused-ring (bicyclic) bond motifs is 1. The topological polar surface area (TPSA) is 73.3 Å². The number of nitrogens with zero attached hydrogens (tertiary/aromatic N) is 3. The quantitative estimate of drug-likeness (QED) is 0.789. The number of carboxylic acid groups (broad SMARTS) is 1. The van der Waals surface area contributed by atoms with Crippen LogP contribution in [0.2, 0.25) is 0 Å². The Bertz CT molecular complexity index is 870. The summed E-state index contributed by atoms with van der Waals surface area (Å²) >= 11 is 1.33. The second-order valence-corrected chi connectivity index (χ2v) is 7.35. The van der Waals surface area contributed by atoms with Gasteiger partial charge >= 0.3 is 12.0 Å². The van der Waals surface area contributed by atoms with Crippen LogP contribution in [0.5, 0.6) is 5.75 Å². The first-order chi connectivity index (χ1) is 12.8. The zero-order valence-corrected chi connectivity index (χ0v) is 16.4. The van der Waals surface area contributed by atoms with E-state index in [2.05, 4.69) is 0 Å². The molecule has 1 heterocycles. The fraction of sp³-hybridized carbons (Fsp3) is 0.263. The molecule has 0 unspecified atom stereocenters. The molecule has 2 aromatic rings. The highest BCUT2D eigenvalue weighted by Gasteiger charge is 2.30. The molecule has 0 fully saturated rings. The van der Waals surface area contributed by atoms with Crippen molar-refractivity contribution in [2.75, 3.05) is 35.2 Å². The van der Waals surface area contributed by atoms with Gasteiger partial charge in [0.25, 0.3) is 0 Å². The smallest absolute Gasteiger partial charge is 0.344 e. The van der Waals surface area contributed by atoms with Gasteiger partial charge in [-0.25, -0.2) is 13.9 Å². The fourth-order valence-corrected chi connectivity index (χ4v) is 3.63. The third-order valence-electron chi connectivity index (χ3n) is 4.20. The molecule has 27 heavy (non-hydrogen) atoms. The van der Waals surface area contributed by atoms with Gasteiger partial charge in [-0.3, -0.25) is 4.90 Å². The summed E-state index contributed by atoms with van der Waals surface area (Å²) in [4.78, 5) is 28.2. The first kappa shape index (κ1) is 18.9. The molecule has 7 nitrogen and oxygen atoms in total. The van der Waals surface area contributed by atoms with Gasteiger partial charge in [-0.15, -0.1) is 0 Å². The van der Waals surface area contributed by atoms with Crippen LogP contribution in [0.3, 0.4) is 0 Å². The van der Waals surface area contributed by atoms with E-state index < -0.39 is 12.1 Å². The highest BCUT2D eigenvalue weighted by atomic mass is 32.2. The SMILES string of the molecule is C[C@@H](Oc1ccc2c(c1)N(C)C(=O)N(c1ccc(N(C)C)cc1)S2)C(=O)O. The normalized spacial score (nSPS) is 14.6. The summed E-state index contributed by atoms with van der Waals surface area (Å²) in [6.45, 7) is 1.46. The van der Waals surface area contributed by atoms with Crippen LogP contribution in [0.4, 0.5) is 21.9 Å². The largest absolute Gasteiger partial charge is 0.479 e. The summed E-state index contributed by atoms with van der Waals surface area (Å²) in [6.07, 6.45) is -0.966.